The highest BCUT2D eigenvalue weighted by Crippen LogP contribution is 2.24. The van der Waals surface area contributed by atoms with Crippen LogP contribution in [0.5, 0.6) is 0 Å². The molecule has 1 fully saturated rings. The smallest absolute Gasteiger partial charge is 0.131 e. The summed E-state index contributed by atoms with van der Waals surface area (Å²) in [5.41, 5.74) is 0. The summed E-state index contributed by atoms with van der Waals surface area (Å²) >= 11 is 1.78. The van der Waals surface area contributed by atoms with E-state index < -0.39 is 0 Å². The van der Waals surface area contributed by atoms with Crippen LogP contribution < -0.4 is 5.32 Å². The third-order valence-corrected chi connectivity index (χ3v) is 4.11. The van der Waals surface area contributed by atoms with E-state index in [9.17, 15) is 0 Å². The molecular formula is C14H23N3OS. The van der Waals surface area contributed by atoms with E-state index in [0.29, 0.717) is 6.10 Å². The highest BCUT2D eigenvalue weighted by molar-refractivity contribution is 7.99. The molecule has 1 aliphatic heterocycles. The number of aromatic nitrogens is 2. The quantitative estimate of drug-likeness (QED) is 0.614. The van der Waals surface area contributed by atoms with Crippen LogP contribution in [0.15, 0.2) is 11.1 Å². The van der Waals surface area contributed by atoms with Crippen molar-refractivity contribution in [3.05, 3.63) is 11.9 Å². The molecule has 1 aliphatic rings. The Morgan fingerprint density at radius 3 is 3.00 bits per heavy atom. The molecule has 0 bridgehead atoms. The van der Waals surface area contributed by atoms with Crippen molar-refractivity contribution in [3.8, 4) is 0 Å². The lowest BCUT2D eigenvalue weighted by Gasteiger charge is -2.11. The van der Waals surface area contributed by atoms with Crippen LogP contribution in [0.1, 0.15) is 38.9 Å². The van der Waals surface area contributed by atoms with Gasteiger partial charge in [-0.3, -0.25) is 0 Å². The van der Waals surface area contributed by atoms with E-state index in [-0.39, 0.29) is 0 Å². The van der Waals surface area contributed by atoms with Crippen LogP contribution in [0.25, 0.3) is 0 Å². The SMILES string of the molecule is CCCNc1cc(SCC2CCCO2)nc(CC)n1. The molecule has 0 saturated carbocycles. The molecule has 2 rings (SSSR count). The van der Waals surface area contributed by atoms with E-state index in [2.05, 4.69) is 35.2 Å². The lowest BCUT2D eigenvalue weighted by molar-refractivity contribution is 0.129. The van der Waals surface area contributed by atoms with Crippen molar-refractivity contribution >= 4 is 17.6 Å². The third-order valence-electron chi connectivity index (χ3n) is 3.06. The van der Waals surface area contributed by atoms with Crippen LogP contribution in [0.3, 0.4) is 0 Å². The van der Waals surface area contributed by atoms with Gasteiger partial charge in [-0.05, 0) is 19.3 Å². The number of nitrogens with zero attached hydrogens (tertiary/aromatic N) is 2. The van der Waals surface area contributed by atoms with Gasteiger partial charge < -0.3 is 10.1 Å². The van der Waals surface area contributed by atoms with Gasteiger partial charge in [0.15, 0.2) is 0 Å². The summed E-state index contributed by atoms with van der Waals surface area (Å²) in [6.45, 7) is 6.12. The maximum atomic E-state index is 5.65. The molecule has 0 radical (unpaired) electrons. The Bertz CT molecular complexity index is 394. The zero-order chi connectivity index (χ0) is 13.5. The van der Waals surface area contributed by atoms with Gasteiger partial charge in [0, 0.05) is 31.4 Å². The molecule has 2 heterocycles. The fourth-order valence-corrected chi connectivity index (χ4v) is 2.99. The summed E-state index contributed by atoms with van der Waals surface area (Å²) < 4.78 is 5.65. The summed E-state index contributed by atoms with van der Waals surface area (Å²) in [6.07, 6.45) is 4.74. The average molecular weight is 281 g/mol. The van der Waals surface area contributed by atoms with Gasteiger partial charge in [-0.25, -0.2) is 9.97 Å². The van der Waals surface area contributed by atoms with Gasteiger partial charge in [-0.1, -0.05) is 13.8 Å². The highest BCUT2D eigenvalue weighted by atomic mass is 32.2. The fraction of sp³-hybridized carbons (Fsp3) is 0.714. The van der Waals surface area contributed by atoms with Crippen molar-refractivity contribution in [2.75, 3.05) is 24.2 Å². The monoisotopic (exact) mass is 281 g/mol. The van der Waals surface area contributed by atoms with E-state index in [1.807, 2.05) is 0 Å². The lowest BCUT2D eigenvalue weighted by Crippen LogP contribution is -2.09. The minimum Gasteiger partial charge on any atom is -0.377 e. The Balaban J connectivity index is 1.96. The Morgan fingerprint density at radius 1 is 1.42 bits per heavy atom. The van der Waals surface area contributed by atoms with Gasteiger partial charge in [0.1, 0.15) is 16.7 Å². The first-order valence-corrected chi connectivity index (χ1v) is 8.16. The first-order chi connectivity index (χ1) is 9.31. The van der Waals surface area contributed by atoms with E-state index >= 15 is 0 Å². The zero-order valence-corrected chi connectivity index (χ0v) is 12.6. The molecule has 1 unspecified atom stereocenters. The van der Waals surface area contributed by atoms with E-state index in [1.54, 1.807) is 11.8 Å². The minimum atomic E-state index is 0.400. The van der Waals surface area contributed by atoms with Crippen LogP contribution >= 0.6 is 11.8 Å². The van der Waals surface area contributed by atoms with Gasteiger partial charge >= 0.3 is 0 Å². The predicted molar refractivity (Wildman–Crippen MR) is 79.9 cm³/mol. The number of nitrogens with one attached hydrogen (secondary N) is 1. The first kappa shape index (κ1) is 14.6. The van der Waals surface area contributed by atoms with Crippen molar-refractivity contribution < 1.29 is 4.74 Å². The highest BCUT2D eigenvalue weighted by Gasteiger charge is 2.16. The molecule has 1 aromatic rings. The van der Waals surface area contributed by atoms with Gasteiger partial charge in [-0.15, -0.1) is 11.8 Å². The van der Waals surface area contributed by atoms with Gasteiger partial charge in [0.05, 0.1) is 6.10 Å². The largest absolute Gasteiger partial charge is 0.377 e. The van der Waals surface area contributed by atoms with Crippen LogP contribution in [0, 0.1) is 0 Å². The molecule has 19 heavy (non-hydrogen) atoms. The number of hydrogen-bond acceptors (Lipinski definition) is 5. The minimum absolute atomic E-state index is 0.400. The van der Waals surface area contributed by atoms with Crippen molar-refractivity contribution in [1.82, 2.24) is 9.97 Å². The maximum absolute atomic E-state index is 5.65. The van der Waals surface area contributed by atoms with Crippen molar-refractivity contribution in [3.63, 3.8) is 0 Å². The van der Waals surface area contributed by atoms with Crippen LogP contribution in [-0.4, -0.2) is 35.0 Å². The number of rotatable bonds is 7. The van der Waals surface area contributed by atoms with Crippen molar-refractivity contribution in [1.29, 1.82) is 0 Å². The summed E-state index contributed by atoms with van der Waals surface area (Å²) in [7, 11) is 0. The third kappa shape index (κ3) is 4.66. The summed E-state index contributed by atoms with van der Waals surface area (Å²) in [5, 5.41) is 4.40. The zero-order valence-electron chi connectivity index (χ0n) is 11.8. The fourth-order valence-electron chi connectivity index (χ4n) is 2.00. The first-order valence-electron chi connectivity index (χ1n) is 7.18. The molecule has 1 N–H and O–H groups in total. The molecule has 0 amide bonds. The second-order valence-corrected chi connectivity index (χ2v) is 5.77. The topological polar surface area (TPSA) is 47.0 Å². The summed E-state index contributed by atoms with van der Waals surface area (Å²) in [4.78, 5) is 9.08. The maximum Gasteiger partial charge on any atom is 0.131 e. The van der Waals surface area contributed by atoms with E-state index in [4.69, 9.17) is 4.74 Å². The van der Waals surface area contributed by atoms with E-state index in [0.717, 1.165) is 48.4 Å². The molecule has 0 aromatic carbocycles. The lowest BCUT2D eigenvalue weighted by atomic mass is 10.3. The molecule has 106 valence electrons. The Hall–Kier alpha value is -0.810. The van der Waals surface area contributed by atoms with Crippen molar-refractivity contribution in [2.45, 2.75) is 50.7 Å². The van der Waals surface area contributed by atoms with E-state index in [1.165, 1.54) is 12.8 Å². The molecule has 1 saturated heterocycles. The van der Waals surface area contributed by atoms with Crippen LogP contribution in [-0.2, 0) is 11.2 Å². The number of anilines is 1. The Labute approximate surface area is 119 Å². The standard InChI is InChI=1S/C14H23N3OS/c1-3-7-15-13-9-14(17-12(4-2)16-13)19-10-11-6-5-8-18-11/h9,11H,3-8,10H2,1-2H3,(H,15,16,17). The molecular weight excluding hydrogens is 258 g/mol. The van der Waals surface area contributed by atoms with Crippen LogP contribution in [0.4, 0.5) is 5.82 Å². The molecule has 0 aliphatic carbocycles. The normalized spacial score (nSPS) is 18.7. The number of thioether (sulfide) groups is 1. The summed E-state index contributed by atoms with van der Waals surface area (Å²) in [5.74, 6) is 2.85. The molecule has 1 atom stereocenters. The van der Waals surface area contributed by atoms with Gasteiger partial charge in [0.25, 0.3) is 0 Å². The molecule has 5 heteroatoms. The predicted octanol–water partition coefficient (Wildman–Crippen LogP) is 3.13. The number of hydrogen-bond donors (Lipinski definition) is 1. The second-order valence-electron chi connectivity index (χ2n) is 4.73. The molecule has 1 aromatic heterocycles. The number of aryl methyl sites for hydroxylation is 1. The summed E-state index contributed by atoms with van der Waals surface area (Å²) in [6, 6.07) is 2.05. The van der Waals surface area contributed by atoms with Gasteiger partial charge in [0.2, 0.25) is 0 Å². The molecule has 4 nitrogen and oxygen atoms in total. The Kier molecular flexibility index (Phi) is 5.92. The van der Waals surface area contributed by atoms with Crippen LogP contribution in [0.2, 0.25) is 0 Å². The van der Waals surface area contributed by atoms with Crippen molar-refractivity contribution in [2.24, 2.45) is 0 Å². The molecule has 0 spiro atoms. The van der Waals surface area contributed by atoms with Gasteiger partial charge in [-0.2, -0.15) is 0 Å². The number of ether oxygens (including phenoxy) is 1. The average Bonchev–Trinajstić information content (AvgIpc) is 2.96. The second kappa shape index (κ2) is 7.70. The Morgan fingerprint density at radius 2 is 2.32 bits per heavy atom.